The van der Waals surface area contributed by atoms with Gasteiger partial charge in [0.25, 0.3) is 0 Å². The SMILES string of the molecule is FC[C@@H]1CNC[C@H]1c1ccccc1Cl. The minimum atomic E-state index is -0.275. The second-order valence-electron chi connectivity index (χ2n) is 3.70. The molecule has 1 aromatic rings. The molecule has 2 rings (SSSR count). The van der Waals surface area contributed by atoms with Crippen molar-refractivity contribution in [1.82, 2.24) is 5.32 Å². The third kappa shape index (κ3) is 1.77. The van der Waals surface area contributed by atoms with Gasteiger partial charge in [0.05, 0.1) is 6.67 Å². The maximum atomic E-state index is 12.7. The molecule has 1 nitrogen and oxygen atoms in total. The molecule has 0 saturated carbocycles. The first-order chi connectivity index (χ1) is 6.83. The van der Waals surface area contributed by atoms with E-state index in [1.165, 1.54) is 0 Å². The van der Waals surface area contributed by atoms with Gasteiger partial charge in [-0.1, -0.05) is 29.8 Å². The molecule has 0 radical (unpaired) electrons. The Morgan fingerprint density at radius 2 is 2.14 bits per heavy atom. The van der Waals surface area contributed by atoms with Gasteiger partial charge in [-0.25, -0.2) is 0 Å². The van der Waals surface area contributed by atoms with Gasteiger partial charge in [0.2, 0.25) is 0 Å². The number of hydrogen-bond donors (Lipinski definition) is 1. The average Bonchev–Trinajstić information content (AvgIpc) is 2.66. The van der Waals surface area contributed by atoms with Crippen LogP contribution in [0.25, 0.3) is 0 Å². The lowest BCUT2D eigenvalue weighted by Gasteiger charge is -2.16. The zero-order valence-corrected chi connectivity index (χ0v) is 8.60. The van der Waals surface area contributed by atoms with Gasteiger partial charge in [0.1, 0.15) is 0 Å². The third-order valence-electron chi connectivity index (χ3n) is 2.84. The van der Waals surface area contributed by atoms with E-state index < -0.39 is 0 Å². The zero-order chi connectivity index (χ0) is 9.97. The molecule has 1 aliphatic heterocycles. The molecule has 1 N–H and O–H groups in total. The molecule has 1 saturated heterocycles. The van der Waals surface area contributed by atoms with Gasteiger partial charge in [-0.15, -0.1) is 0 Å². The quantitative estimate of drug-likeness (QED) is 0.797. The van der Waals surface area contributed by atoms with E-state index >= 15 is 0 Å². The predicted octanol–water partition coefficient (Wildman–Crippen LogP) is 2.61. The first-order valence-corrected chi connectivity index (χ1v) is 5.22. The Bertz CT molecular complexity index is 316. The minimum absolute atomic E-state index is 0.0786. The van der Waals surface area contributed by atoms with Crippen molar-refractivity contribution in [3.05, 3.63) is 34.9 Å². The second-order valence-corrected chi connectivity index (χ2v) is 4.11. The minimum Gasteiger partial charge on any atom is -0.316 e. The van der Waals surface area contributed by atoms with Crippen molar-refractivity contribution in [2.24, 2.45) is 5.92 Å². The van der Waals surface area contributed by atoms with Crippen molar-refractivity contribution in [2.45, 2.75) is 5.92 Å². The summed E-state index contributed by atoms with van der Waals surface area (Å²) in [5, 5.41) is 3.95. The summed E-state index contributed by atoms with van der Waals surface area (Å²) < 4.78 is 12.7. The zero-order valence-electron chi connectivity index (χ0n) is 7.84. The van der Waals surface area contributed by atoms with Crippen molar-refractivity contribution >= 4 is 11.6 Å². The molecule has 0 unspecified atom stereocenters. The van der Waals surface area contributed by atoms with E-state index in [1.54, 1.807) is 0 Å². The van der Waals surface area contributed by atoms with Crippen LogP contribution in [0.15, 0.2) is 24.3 Å². The summed E-state index contributed by atoms with van der Waals surface area (Å²) in [7, 11) is 0. The highest BCUT2D eigenvalue weighted by molar-refractivity contribution is 6.31. The van der Waals surface area contributed by atoms with Gasteiger partial charge in [-0.3, -0.25) is 4.39 Å². The highest BCUT2D eigenvalue weighted by atomic mass is 35.5. The van der Waals surface area contributed by atoms with Crippen LogP contribution in [-0.4, -0.2) is 19.8 Å². The van der Waals surface area contributed by atoms with Crippen LogP contribution < -0.4 is 5.32 Å². The molecule has 0 bridgehead atoms. The number of rotatable bonds is 2. The summed E-state index contributed by atoms with van der Waals surface area (Å²) in [5.74, 6) is 0.309. The normalized spacial score (nSPS) is 26.7. The molecular weight excluding hydrogens is 201 g/mol. The van der Waals surface area contributed by atoms with Crippen molar-refractivity contribution in [3.8, 4) is 0 Å². The Balaban J connectivity index is 2.26. The van der Waals surface area contributed by atoms with E-state index in [0.717, 1.165) is 23.7 Å². The van der Waals surface area contributed by atoms with Crippen LogP contribution >= 0.6 is 11.6 Å². The Labute approximate surface area is 88.3 Å². The van der Waals surface area contributed by atoms with E-state index in [0.29, 0.717) is 0 Å². The first kappa shape index (κ1) is 9.94. The van der Waals surface area contributed by atoms with Crippen molar-refractivity contribution < 1.29 is 4.39 Å². The predicted molar refractivity (Wildman–Crippen MR) is 56.5 cm³/mol. The van der Waals surface area contributed by atoms with E-state index in [9.17, 15) is 4.39 Å². The van der Waals surface area contributed by atoms with Crippen LogP contribution in [0, 0.1) is 5.92 Å². The van der Waals surface area contributed by atoms with Gasteiger partial charge >= 0.3 is 0 Å². The Hall–Kier alpha value is -0.600. The van der Waals surface area contributed by atoms with E-state index in [2.05, 4.69) is 5.32 Å². The molecular formula is C11H13ClFN. The van der Waals surface area contributed by atoms with Crippen LogP contribution in [0.2, 0.25) is 5.02 Å². The first-order valence-electron chi connectivity index (χ1n) is 4.84. The molecule has 0 aliphatic carbocycles. The van der Waals surface area contributed by atoms with Gasteiger partial charge in [0, 0.05) is 29.9 Å². The fraction of sp³-hybridized carbons (Fsp3) is 0.455. The van der Waals surface area contributed by atoms with Crippen LogP contribution in [0.4, 0.5) is 4.39 Å². The van der Waals surface area contributed by atoms with Crippen molar-refractivity contribution in [3.63, 3.8) is 0 Å². The molecule has 1 fully saturated rings. The van der Waals surface area contributed by atoms with Crippen LogP contribution in [0.3, 0.4) is 0 Å². The third-order valence-corrected chi connectivity index (χ3v) is 3.19. The van der Waals surface area contributed by atoms with E-state index in [4.69, 9.17) is 11.6 Å². The lowest BCUT2D eigenvalue weighted by molar-refractivity contribution is 0.358. The Morgan fingerprint density at radius 1 is 1.36 bits per heavy atom. The summed E-state index contributed by atoms with van der Waals surface area (Å²) in [6.45, 7) is 1.31. The van der Waals surface area contributed by atoms with Crippen LogP contribution in [0.5, 0.6) is 0 Å². The van der Waals surface area contributed by atoms with Gasteiger partial charge in [-0.2, -0.15) is 0 Å². The number of halogens is 2. The van der Waals surface area contributed by atoms with Crippen molar-refractivity contribution in [2.75, 3.05) is 19.8 Å². The fourth-order valence-electron chi connectivity index (χ4n) is 2.03. The number of alkyl halides is 1. The van der Waals surface area contributed by atoms with Gasteiger partial charge in [0.15, 0.2) is 0 Å². The summed E-state index contributed by atoms with van der Waals surface area (Å²) >= 11 is 6.08. The van der Waals surface area contributed by atoms with Crippen LogP contribution in [0.1, 0.15) is 11.5 Å². The Morgan fingerprint density at radius 3 is 2.86 bits per heavy atom. The van der Waals surface area contributed by atoms with Gasteiger partial charge < -0.3 is 5.32 Å². The lowest BCUT2D eigenvalue weighted by atomic mass is 9.90. The molecule has 0 aromatic heterocycles. The maximum Gasteiger partial charge on any atom is 0.0941 e. The van der Waals surface area contributed by atoms with E-state index in [-0.39, 0.29) is 18.5 Å². The molecule has 1 heterocycles. The average molecular weight is 214 g/mol. The molecule has 0 amide bonds. The standard InChI is InChI=1S/C11H13ClFN/c12-11-4-2-1-3-9(11)10-7-14-6-8(10)5-13/h1-4,8,10,14H,5-7H2/t8-,10-/m1/s1. The Kier molecular flexibility index (Phi) is 3.04. The summed E-state index contributed by atoms with van der Waals surface area (Å²) in [5.41, 5.74) is 1.07. The topological polar surface area (TPSA) is 12.0 Å². The lowest BCUT2D eigenvalue weighted by Crippen LogP contribution is -2.12. The van der Waals surface area contributed by atoms with Gasteiger partial charge in [-0.05, 0) is 11.6 Å². The second kappa shape index (κ2) is 4.28. The number of hydrogen-bond acceptors (Lipinski definition) is 1. The summed E-state index contributed by atoms with van der Waals surface area (Å²) in [6.07, 6.45) is 0. The summed E-state index contributed by atoms with van der Waals surface area (Å²) in [4.78, 5) is 0. The smallest absolute Gasteiger partial charge is 0.0941 e. The number of benzene rings is 1. The molecule has 1 aromatic carbocycles. The molecule has 3 heteroatoms. The molecule has 1 aliphatic rings. The molecule has 14 heavy (non-hydrogen) atoms. The monoisotopic (exact) mass is 213 g/mol. The molecule has 76 valence electrons. The largest absolute Gasteiger partial charge is 0.316 e. The highest BCUT2D eigenvalue weighted by Gasteiger charge is 2.29. The number of nitrogens with one attached hydrogen (secondary N) is 1. The van der Waals surface area contributed by atoms with Crippen LogP contribution in [-0.2, 0) is 0 Å². The highest BCUT2D eigenvalue weighted by Crippen LogP contribution is 2.32. The molecule has 2 atom stereocenters. The maximum absolute atomic E-state index is 12.7. The summed E-state index contributed by atoms with van der Waals surface area (Å²) in [6, 6.07) is 7.71. The van der Waals surface area contributed by atoms with E-state index in [1.807, 2.05) is 24.3 Å². The fourth-order valence-corrected chi connectivity index (χ4v) is 2.31. The molecule has 0 spiro atoms. The van der Waals surface area contributed by atoms with Crippen molar-refractivity contribution in [1.29, 1.82) is 0 Å².